The summed E-state index contributed by atoms with van der Waals surface area (Å²) in [4.78, 5) is 43.9. The van der Waals surface area contributed by atoms with E-state index in [4.69, 9.17) is 21.1 Å². The van der Waals surface area contributed by atoms with E-state index in [1.54, 1.807) is 29.4 Å². The molecular formula is C35H45ClN4O5. The van der Waals surface area contributed by atoms with E-state index in [1.807, 2.05) is 51.4 Å². The van der Waals surface area contributed by atoms with E-state index < -0.39 is 5.60 Å². The first-order valence-corrected chi connectivity index (χ1v) is 16.4. The fourth-order valence-electron chi connectivity index (χ4n) is 6.23. The second-order valence-electron chi connectivity index (χ2n) is 13.3. The van der Waals surface area contributed by atoms with Crippen LogP contribution >= 0.6 is 11.6 Å². The highest BCUT2D eigenvalue weighted by molar-refractivity contribution is 6.31. The van der Waals surface area contributed by atoms with Crippen molar-refractivity contribution in [3.63, 3.8) is 0 Å². The molecule has 0 saturated carbocycles. The molecule has 2 amide bonds. The molecule has 4 aliphatic rings. The van der Waals surface area contributed by atoms with E-state index in [0.717, 1.165) is 63.0 Å². The topological polar surface area (TPSA) is 91.4 Å². The summed E-state index contributed by atoms with van der Waals surface area (Å²) in [6, 6.07) is 5.69. The van der Waals surface area contributed by atoms with Gasteiger partial charge in [-0.1, -0.05) is 29.8 Å². The van der Waals surface area contributed by atoms with Gasteiger partial charge in [-0.25, -0.2) is 4.79 Å². The molecule has 242 valence electrons. The lowest BCUT2D eigenvalue weighted by molar-refractivity contribution is -0.114. The summed E-state index contributed by atoms with van der Waals surface area (Å²) in [5, 5.41) is 3.71. The molecule has 0 aromatic heterocycles. The smallest absolute Gasteiger partial charge is 0.410 e. The maximum Gasteiger partial charge on any atom is 0.410 e. The molecule has 9 nitrogen and oxygen atoms in total. The summed E-state index contributed by atoms with van der Waals surface area (Å²) in [6.07, 6.45) is 14.5. The maximum absolute atomic E-state index is 13.4. The number of amides is 2. The Bertz CT molecular complexity index is 1380. The Morgan fingerprint density at radius 1 is 1.07 bits per heavy atom. The number of nitrogens with one attached hydrogen (secondary N) is 1. The number of hydrogen-bond donors (Lipinski definition) is 1. The number of ketones is 1. The second-order valence-corrected chi connectivity index (χ2v) is 13.7. The fraction of sp³-hybridized carbons (Fsp3) is 0.514. The van der Waals surface area contributed by atoms with Gasteiger partial charge >= 0.3 is 6.09 Å². The number of carbonyl (C=O) groups excluding carboxylic acids is 3. The van der Waals surface area contributed by atoms with Gasteiger partial charge in [0.15, 0.2) is 5.78 Å². The lowest BCUT2D eigenvalue weighted by atomic mass is 9.86. The van der Waals surface area contributed by atoms with Crippen molar-refractivity contribution in [2.75, 3.05) is 45.8 Å². The monoisotopic (exact) mass is 636 g/mol. The van der Waals surface area contributed by atoms with Crippen LogP contribution in [0.4, 0.5) is 4.79 Å². The normalized spacial score (nSPS) is 20.0. The minimum atomic E-state index is -0.509. The van der Waals surface area contributed by atoms with E-state index in [2.05, 4.69) is 15.1 Å². The molecule has 0 atom stereocenters. The summed E-state index contributed by atoms with van der Waals surface area (Å²) >= 11 is 6.36. The number of hydrogen-bond acceptors (Lipinski definition) is 7. The summed E-state index contributed by atoms with van der Waals surface area (Å²) in [5.74, 6) is 1.31. The van der Waals surface area contributed by atoms with Crippen molar-refractivity contribution in [1.29, 1.82) is 0 Å². The van der Waals surface area contributed by atoms with E-state index in [-0.39, 0.29) is 23.7 Å². The molecular weight excluding hydrogens is 592 g/mol. The molecule has 0 radical (unpaired) electrons. The highest BCUT2D eigenvalue weighted by Gasteiger charge is 2.29. The van der Waals surface area contributed by atoms with E-state index in [1.165, 1.54) is 0 Å². The standard InChI is InChI=1S/C35H45ClN4O5/c1-35(2,3)45-34(43)40-15-9-25(10-16-40)23-37-33(42)31-22-28(36)7-8-30(31)26-11-13-38(14-12-26)17-18-39-19-20-44-32(24-39)27-5-4-6-29(41)21-27/h4-8,19-20,22,24-26H,9-18,21,23H2,1-3H3,(H,37,42). The summed E-state index contributed by atoms with van der Waals surface area (Å²) < 4.78 is 11.2. The van der Waals surface area contributed by atoms with Crippen LogP contribution in [0.15, 0.2) is 66.4 Å². The fourth-order valence-corrected chi connectivity index (χ4v) is 6.41. The van der Waals surface area contributed by atoms with Crippen molar-refractivity contribution < 1.29 is 23.9 Å². The van der Waals surface area contributed by atoms with Crippen molar-refractivity contribution in [3.8, 4) is 0 Å². The van der Waals surface area contributed by atoms with Crippen LogP contribution in [-0.4, -0.2) is 83.9 Å². The lowest BCUT2D eigenvalue weighted by Crippen LogP contribution is -2.43. The Hall–Kier alpha value is -3.56. The SMILES string of the molecule is CC(C)(C)OC(=O)N1CCC(CNC(=O)c2cc(Cl)ccc2C2CCN(CCN3C=COC(C4=CC=CC(=O)C4)=C3)CC2)CC1. The second kappa shape index (κ2) is 14.7. The molecule has 10 heteroatoms. The number of likely N-dealkylation sites (tertiary alicyclic amines) is 2. The van der Waals surface area contributed by atoms with E-state index in [0.29, 0.717) is 48.3 Å². The van der Waals surface area contributed by atoms with E-state index >= 15 is 0 Å². The summed E-state index contributed by atoms with van der Waals surface area (Å²) in [7, 11) is 0. The van der Waals surface area contributed by atoms with Crippen LogP contribution in [0.25, 0.3) is 0 Å². The summed E-state index contributed by atoms with van der Waals surface area (Å²) in [5.41, 5.74) is 2.10. The van der Waals surface area contributed by atoms with Crippen LogP contribution in [0.5, 0.6) is 0 Å². The molecule has 2 fully saturated rings. The molecule has 0 spiro atoms. The van der Waals surface area contributed by atoms with Gasteiger partial charge in [0.25, 0.3) is 5.91 Å². The molecule has 3 heterocycles. The molecule has 1 N–H and O–H groups in total. The van der Waals surface area contributed by atoms with Gasteiger partial charge in [0.1, 0.15) is 17.6 Å². The van der Waals surface area contributed by atoms with Crippen LogP contribution in [0.1, 0.15) is 74.7 Å². The molecule has 1 aliphatic carbocycles. The number of carbonyl (C=O) groups is 3. The zero-order chi connectivity index (χ0) is 32.0. The third-order valence-corrected chi connectivity index (χ3v) is 9.01. The molecule has 1 aromatic rings. The van der Waals surface area contributed by atoms with Crippen molar-refractivity contribution >= 4 is 29.4 Å². The number of halogens is 1. The van der Waals surface area contributed by atoms with Crippen molar-refractivity contribution in [2.45, 2.75) is 64.4 Å². The van der Waals surface area contributed by atoms with Crippen LogP contribution in [0.2, 0.25) is 5.02 Å². The van der Waals surface area contributed by atoms with Gasteiger partial charge in [-0.15, -0.1) is 0 Å². The molecule has 0 bridgehead atoms. The summed E-state index contributed by atoms with van der Waals surface area (Å²) in [6.45, 7) is 11.1. The zero-order valence-electron chi connectivity index (χ0n) is 26.6. The first-order valence-electron chi connectivity index (χ1n) is 16.0. The number of rotatable bonds is 8. The van der Waals surface area contributed by atoms with E-state index in [9.17, 15) is 14.4 Å². The van der Waals surface area contributed by atoms with Crippen molar-refractivity contribution in [3.05, 3.63) is 82.6 Å². The van der Waals surface area contributed by atoms with Crippen LogP contribution in [0.3, 0.4) is 0 Å². The first kappa shape index (κ1) is 32.8. The lowest BCUT2D eigenvalue weighted by Gasteiger charge is -2.34. The molecule has 1 aromatic carbocycles. The average Bonchev–Trinajstić information content (AvgIpc) is 3.02. The number of ether oxygens (including phenoxy) is 2. The number of nitrogens with zero attached hydrogens (tertiary/aromatic N) is 3. The minimum Gasteiger partial charge on any atom is -0.462 e. The molecule has 0 unspecified atom stereocenters. The Balaban J connectivity index is 1.09. The highest BCUT2D eigenvalue weighted by Crippen LogP contribution is 2.32. The Morgan fingerprint density at radius 3 is 2.53 bits per heavy atom. The van der Waals surface area contributed by atoms with Gasteiger partial charge in [-0.05, 0) is 95.2 Å². The van der Waals surface area contributed by atoms with Crippen LogP contribution in [-0.2, 0) is 14.3 Å². The first-order chi connectivity index (χ1) is 21.5. The Labute approximate surface area is 271 Å². The molecule has 3 aliphatic heterocycles. The van der Waals surface area contributed by atoms with Gasteiger partial charge in [-0.3, -0.25) is 9.59 Å². The maximum atomic E-state index is 13.4. The largest absolute Gasteiger partial charge is 0.462 e. The zero-order valence-corrected chi connectivity index (χ0v) is 27.4. The predicted octanol–water partition coefficient (Wildman–Crippen LogP) is 6.00. The number of allylic oxidation sites excluding steroid dienone is 4. The van der Waals surface area contributed by atoms with Gasteiger partial charge in [0.05, 0.1) is 0 Å². The quantitative estimate of drug-likeness (QED) is 0.374. The highest BCUT2D eigenvalue weighted by atomic mass is 35.5. The van der Waals surface area contributed by atoms with Gasteiger partial charge in [-0.2, -0.15) is 0 Å². The average molecular weight is 637 g/mol. The van der Waals surface area contributed by atoms with Crippen molar-refractivity contribution in [1.82, 2.24) is 20.0 Å². The van der Waals surface area contributed by atoms with Gasteiger partial charge in [0.2, 0.25) is 0 Å². The van der Waals surface area contributed by atoms with Gasteiger partial charge in [0, 0.05) is 67.7 Å². The molecule has 2 saturated heterocycles. The van der Waals surface area contributed by atoms with Crippen LogP contribution in [0, 0.1) is 5.92 Å². The minimum absolute atomic E-state index is 0.0831. The van der Waals surface area contributed by atoms with Crippen molar-refractivity contribution in [2.24, 2.45) is 5.92 Å². The Morgan fingerprint density at radius 2 is 1.82 bits per heavy atom. The predicted molar refractivity (Wildman–Crippen MR) is 175 cm³/mol. The molecule has 45 heavy (non-hydrogen) atoms. The molecule has 5 rings (SSSR count). The number of benzene rings is 1. The third-order valence-electron chi connectivity index (χ3n) is 8.77. The number of piperidine rings is 2. The third kappa shape index (κ3) is 9.23. The van der Waals surface area contributed by atoms with Crippen LogP contribution < -0.4 is 5.32 Å². The van der Waals surface area contributed by atoms with Gasteiger partial charge < -0.3 is 29.5 Å². The Kier molecular flexibility index (Phi) is 10.7.